The summed E-state index contributed by atoms with van der Waals surface area (Å²) in [4.78, 5) is 15.5. The molecule has 1 fully saturated rings. The molecule has 0 amide bonds. The molecular weight excluding hydrogens is 204 g/mol. The van der Waals surface area contributed by atoms with E-state index in [1.54, 1.807) is 0 Å². The Hall–Kier alpha value is -0.610. The van der Waals surface area contributed by atoms with Crippen molar-refractivity contribution in [1.29, 1.82) is 0 Å². The number of likely N-dealkylation sites (N-methyl/N-ethyl adjacent to an activating group) is 1. The lowest BCUT2D eigenvalue weighted by Gasteiger charge is -2.42. The van der Waals surface area contributed by atoms with E-state index in [4.69, 9.17) is 4.74 Å². The molecule has 0 spiro atoms. The third kappa shape index (κ3) is 4.10. The van der Waals surface area contributed by atoms with Gasteiger partial charge in [-0.2, -0.15) is 0 Å². The molecule has 0 aromatic rings. The van der Waals surface area contributed by atoms with E-state index in [1.165, 1.54) is 6.92 Å². The van der Waals surface area contributed by atoms with E-state index in [2.05, 4.69) is 30.7 Å². The highest BCUT2D eigenvalue weighted by atomic mass is 16.5. The van der Waals surface area contributed by atoms with Gasteiger partial charge in [-0.25, -0.2) is 0 Å². The fourth-order valence-corrected chi connectivity index (χ4v) is 2.20. The highest BCUT2D eigenvalue weighted by Gasteiger charge is 2.25. The van der Waals surface area contributed by atoms with Crippen LogP contribution in [-0.4, -0.2) is 61.1 Å². The lowest BCUT2D eigenvalue weighted by atomic mass is 10.1. The summed E-state index contributed by atoms with van der Waals surface area (Å²) in [6.45, 7) is 9.77. The lowest BCUT2D eigenvalue weighted by Crippen LogP contribution is -2.55. The van der Waals surface area contributed by atoms with Crippen molar-refractivity contribution in [3.8, 4) is 0 Å². The first kappa shape index (κ1) is 13.5. The molecule has 0 aliphatic carbocycles. The van der Waals surface area contributed by atoms with E-state index >= 15 is 0 Å². The van der Waals surface area contributed by atoms with Crippen molar-refractivity contribution in [3.63, 3.8) is 0 Å². The molecule has 4 nitrogen and oxygen atoms in total. The molecule has 0 aromatic heterocycles. The molecule has 0 radical (unpaired) electrons. The van der Waals surface area contributed by atoms with Gasteiger partial charge in [0.2, 0.25) is 0 Å². The van der Waals surface area contributed by atoms with Crippen LogP contribution in [0.2, 0.25) is 0 Å². The summed E-state index contributed by atoms with van der Waals surface area (Å²) in [5.41, 5.74) is 0. The third-order valence-electron chi connectivity index (χ3n) is 3.36. The van der Waals surface area contributed by atoms with Crippen molar-refractivity contribution >= 4 is 5.97 Å². The van der Waals surface area contributed by atoms with Crippen molar-refractivity contribution in [2.45, 2.75) is 39.3 Å². The van der Waals surface area contributed by atoms with E-state index < -0.39 is 0 Å². The first-order chi connectivity index (χ1) is 7.50. The van der Waals surface area contributed by atoms with Gasteiger partial charge >= 0.3 is 5.97 Å². The maximum atomic E-state index is 10.6. The fourth-order valence-electron chi connectivity index (χ4n) is 2.20. The summed E-state index contributed by atoms with van der Waals surface area (Å²) in [5.74, 6) is -0.180. The minimum atomic E-state index is -0.180. The summed E-state index contributed by atoms with van der Waals surface area (Å²) in [7, 11) is 2.19. The standard InChI is InChI=1S/C12H24N2O2/c1-10-8-14(9-11(2)13(10)4)6-5-7-16-12(3)15/h10-11H,5-9H2,1-4H3. The molecule has 0 bridgehead atoms. The molecule has 16 heavy (non-hydrogen) atoms. The van der Waals surface area contributed by atoms with Crippen LogP contribution in [-0.2, 0) is 9.53 Å². The monoisotopic (exact) mass is 228 g/mol. The molecule has 0 aromatic carbocycles. The van der Waals surface area contributed by atoms with E-state index in [9.17, 15) is 4.79 Å². The van der Waals surface area contributed by atoms with Gasteiger partial charge in [0.25, 0.3) is 0 Å². The normalized spacial score (nSPS) is 28.0. The Morgan fingerprint density at radius 2 is 1.88 bits per heavy atom. The highest BCUT2D eigenvalue weighted by Crippen LogP contribution is 2.13. The van der Waals surface area contributed by atoms with Gasteiger partial charge in [-0.15, -0.1) is 0 Å². The van der Waals surface area contributed by atoms with Gasteiger partial charge < -0.3 is 9.64 Å². The van der Waals surface area contributed by atoms with Gasteiger partial charge in [0.1, 0.15) is 0 Å². The van der Waals surface area contributed by atoms with Crippen molar-refractivity contribution in [1.82, 2.24) is 9.80 Å². The van der Waals surface area contributed by atoms with E-state index in [0.29, 0.717) is 18.7 Å². The summed E-state index contributed by atoms with van der Waals surface area (Å²) >= 11 is 0. The average molecular weight is 228 g/mol. The van der Waals surface area contributed by atoms with Crippen LogP contribution in [0.3, 0.4) is 0 Å². The predicted molar refractivity (Wildman–Crippen MR) is 64.4 cm³/mol. The molecule has 94 valence electrons. The topological polar surface area (TPSA) is 32.8 Å². The van der Waals surface area contributed by atoms with E-state index in [1.807, 2.05) is 0 Å². The van der Waals surface area contributed by atoms with Crippen LogP contribution in [0.1, 0.15) is 27.2 Å². The zero-order chi connectivity index (χ0) is 12.1. The lowest BCUT2D eigenvalue weighted by molar-refractivity contribution is -0.141. The second kappa shape index (κ2) is 6.21. The Morgan fingerprint density at radius 1 is 1.31 bits per heavy atom. The number of esters is 1. The number of carbonyl (C=O) groups excluding carboxylic acids is 1. The Kier molecular flexibility index (Phi) is 5.22. The first-order valence-corrected chi connectivity index (χ1v) is 6.08. The number of hydrogen-bond donors (Lipinski definition) is 0. The maximum Gasteiger partial charge on any atom is 0.302 e. The first-order valence-electron chi connectivity index (χ1n) is 6.08. The van der Waals surface area contributed by atoms with Crippen LogP contribution in [0.25, 0.3) is 0 Å². The van der Waals surface area contributed by atoms with E-state index in [0.717, 1.165) is 26.1 Å². The molecule has 2 atom stereocenters. The van der Waals surface area contributed by atoms with Crippen molar-refractivity contribution in [2.75, 3.05) is 33.3 Å². The number of rotatable bonds is 4. The highest BCUT2D eigenvalue weighted by molar-refractivity contribution is 5.65. The second-order valence-electron chi connectivity index (χ2n) is 4.82. The number of nitrogens with zero attached hydrogens (tertiary/aromatic N) is 2. The Bertz CT molecular complexity index is 221. The van der Waals surface area contributed by atoms with Gasteiger partial charge in [0.15, 0.2) is 0 Å². The summed E-state index contributed by atoms with van der Waals surface area (Å²) in [5, 5.41) is 0. The molecule has 1 rings (SSSR count). The van der Waals surface area contributed by atoms with Crippen LogP contribution < -0.4 is 0 Å². The fraction of sp³-hybridized carbons (Fsp3) is 0.917. The Morgan fingerprint density at radius 3 is 2.38 bits per heavy atom. The van der Waals surface area contributed by atoms with Crippen LogP contribution in [0.5, 0.6) is 0 Å². The van der Waals surface area contributed by atoms with Crippen molar-refractivity contribution < 1.29 is 9.53 Å². The molecule has 2 unspecified atom stereocenters. The molecular formula is C12H24N2O2. The Balaban J connectivity index is 2.20. The van der Waals surface area contributed by atoms with Gasteiger partial charge in [-0.1, -0.05) is 0 Å². The zero-order valence-corrected chi connectivity index (χ0v) is 10.9. The zero-order valence-electron chi connectivity index (χ0n) is 10.9. The predicted octanol–water partition coefficient (Wildman–Crippen LogP) is 0.964. The molecule has 4 heteroatoms. The molecule has 1 heterocycles. The molecule has 1 aliphatic heterocycles. The quantitative estimate of drug-likeness (QED) is 0.530. The summed E-state index contributed by atoms with van der Waals surface area (Å²) in [6.07, 6.45) is 0.933. The summed E-state index contributed by atoms with van der Waals surface area (Å²) < 4.78 is 4.93. The van der Waals surface area contributed by atoms with Gasteiger partial charge in [-0.3, -0.25) is 9.69 Å². The number of carbonyl (C=O) groups is 1. The molecule has 1 aliphatic rings. The third-order valence-corrected chi connectivity index (χ3v) is 3.36. The molecule has 1 saturated heterocycles. The second-order valence-corrected chi connectivity index (χ2v) is 4.82. The van der Waals surface area contributed by atoms with Crippen LogP contribution >= 0.6 is 0 Å². The smallest absolute Gasteiger partial charge is 0.302 e. The minimum Gasteiger partial charge on any atom is -0.466 e. The van der Waals surface area contributed by atoms with Gasteiger partial charge in [0.05, 0.1) is 6.61 Å². The molecule has 0 saturated carbocycles. The van der Waals surface area contributed by atoms with Crippen LogP contribution in [0.4, 0.5) is 0 Å². The van der Waals surface area contributed by atoms with Crippen molar-refractivity contribution in [3.05, 3.63) is 0 Å². The van der Waals surface area contributed by atoms with Crippen molar-refractivity contribution in [2.24, 2.45) is 0 Å². The van der Waals surface area contributed by atoms with Gasteiger partial charge in [-0.05, 0) is 27.3 Å². The molecule has 0 N–H and O–H groups in total. The largest absolute Gasteiger partial charge is 0.466 e. The maximum absolute atomic E-state index is 10.6. The van der Waals surface area contributed by atoms with Crippen LogP contribution in [0.15, 0.2) is 0 Å². The number of ether oxygens (including phenoxy) is 1. The minimum absolute atomic E-state index is 0.180. The number of hydrogen-bond acceptors (Lipinski definition) is 4. The SMILES string of the molecule is CC(=O)OCCCN1CC(C)N(C)C(C)C1. The number of piperazine rings is 1. The summed E-state index contributed by atoms with van der Waals surface area (Å²) in [6, 6.07) is 1.22. The Labute approximate surface area is 98.5 Å². The van der Waals surface area contributed by atoms with Crippen LogP contribution in [0, 0.1) is 0 Å². The average Bonchev–Trinajstić information content (AvgIpc) is 2.20. The van der Waals surface area contributed by atoms with Gasteiger partial charge in [0, 0.05) is 38.6 Å². The van der Waals surface area contributed by atoms with E-state index in [-0.39, 0.29) is 5.97 Å².